The Balaban J connectivity index is 1.91. The number of hydrogen-bond donors (Lipinski definition) is 0. The van der Waals surface area contributed by atoms with E-state index in [1.807, 2.05) is 6.07 Å². The minimum atomic E-state index is -3.87. The first-order chi connectivity index (χ1) is 12.9. The quantitative estimate of drug-likeness (QED) is 0.571. The Morgan fingerprint density at radius 3 is 2.59 bits per heavy atom. The van der Waals surface area contributed by atoms with E-state index in [1.165, 1.54) is 34.6 Å². The summed E-state index contributed by atoms with van der Waals surface area (Å²) in [5.74, 6) is -0.690. The molecule has 27 heavy (non-hydrogen) atoms. The van der Waals surface area contributed by atoms with Crippen LogP contribution in [0.5, 0.6) is 5.75 Å². The van der Waals surface area contributed by atoms with E-state index in [0.29, 0.717) is 13.2 Å². The normalized spacial score (nSPS) is 15.1. The maximum absolute atomic E-state index is 12.8. The van der Waals surface area contributed by atoms with Crippen LogP contribution in [0.4, 0.5) is 0 Å². The molecule has 1 aliphatic heterocycles. The predicted octanol–water partition coefficient (Wildman–Crippen LogP) is 2.45. The van der Waals surface area contributed by atoms with Gasteiger partial charge in [0.2, 0.25) is 10.0 Å². The van der Waals surface area contributed by atoms with Gasteiger partial charge in [-0.15, -0.1) is 0 Å². The van der Waals surface area contributed by atoms with Crippen molar-refractivity contribution in [2.24, 2.45) is 0 Å². The van der Waals surface area contributed by atoms with Gasteiger partial charge in [0.05, 0.1) is 29.4 Å². The average molecular weight is 407 g/mol. The van der Waals surface area contributed by atoms with Gasteiger partial charge in [-0.3, -0.25) is 0 Å². The molecule has 0 aliphatic carbocycles. The van der Waals surface area contributed by atoms with Crippen LogP contribution >= 0.6 is 11.6 Å². The third-order valence-electron chi connectivity index (χ3n) is 3.96. The zero-order chi connectivity index (χ0) is 19.4. The molecule has 2 aromatic rings. The molecular weight excluding hydrogens is 392 g/mol. The molecule has 0 amide bonds. The standard InChI is InChI=1S/C18H15ClN2O5S/c19-15-6-5-13(18(22)26-16-4-2-1-3-14(16)12-20)11-17(15)27(23,24)21-7-9-25-10-8-21/h1-6,11H,7-10H2. The molecule has 0 radical (unpaired) electrons. The summed E-state index contributed by atoms with van der Waals surface area (Å²) in [6.07, 6.45) is 0. The largest absolute Gasteiger partial charge is 0.422 e. The second-order valence-corrected chi connectivity index (χ2v) is 7.97. The van der Waals surface area contributed by atoms with Crippen LogP contribution in [0.2, 0.25) is 5.02 Å². The molecule has 1 fully saturated rings. The first-order valence-electron chi connectivity index (χ1n) is 8.02. The van der Waals surface area contributed by atoms with Gasteiger partial charge in [0.25, 0.3) is 0 Å². The van der Waals surface area contributed by atoms with Gasteiger partial charge in [-0.2, -0.15) is 9.57 Å². The molecule has 0 unspecified atom stereocenters. The van der Waals surface area contributed by atoms with E-state index < -0.39 is 16.0 Å². The molecule has 0 N–H and O–H groups in total. The third-order valence-corrected chi connectivity index (χ3v) is 6.35. The van der Waals surface area contributed by atoms with Crippen molar-refractivity contribution in [3.05, 3.63) is 58.6 Å². The summed E-state index contributed by atoms with van der Waals surface area (Å²) in [6, 6.07) is 12.1. The minimum absolute atomic E-state index is 0.00969. The van der Waals surface area contributed by atoms with Gasteiger partial charge in [-0.05, 0) is 30.3 Å². The van der Waals surface area contributed by atoms with Crippen molar-refractivity contribution in [3.63, 3.8) is 0 Å². The van der Waals surface area contributed by atoms with Crippen LogP contribution < -0.4 is 4.74 Å². The summed E-state index contributed by atoms with van der Waals surface area (Å²) in [7, 11) is -3.87. The third kappa shape index (κ3) is 4.12. The summed E-state index contributed by atoms with van der Waals surface area (Å²) in [4.78, 5) is 12.3. The SMILES string of the molecule is N#Cc1ccccc1OC(=O)c1ccc(Cl)c(S(=O)(=O)N2CCOCC2)c1. The van der Waals surface area contributed by atoms with Gasteiger partial charge in [0, 0.05) is 13.1 Å². The molecule has 1 aliphatic rings. The summed E-state index contributed by atoms with van der Waals surface area (Å²) in [6.45, 7) is 1.01. The fourth-order valence-electron chi connectivity index (χ4n) is 2.56. The number of sulfonamides is 1. The highest BCUT2D eigenvalue weighted by Crippen LogP contribution is 2.27. The Kier molecular flexibility index (Phi) is 5.77. The zero-order valence-corrected chi connectivity index (χ0v) is 15.7. The van der Waals surface area contributed by atoms with Gasteiger partial charge in [0.1, 0.15) is 16.7 Å². The minimum Gasteiger partial charge on any atom is -0.422 e. The number of ether oxygens (including phenoxy) is 2. The topological polar surface area (TPSA) is 96.7 Å². The van der Waals surface area contributed by atoms with E-state index in [2.05, 4.69) is 0 Å². The number of halogens is 1. The number of para-hydroxylation sites is 1. The van der Waals surface area contributed by atoms with Crippen LogP contribution in [0.1, 0.15) is 15.9 Å². The van der Waals surface area contributed by atoms with Gasteiger partial charge in [-0.1, -0.05) is 23.7 Å². The van der Waals surface area contributed by atoms with Gasteiger partial charge < -0.3 is 9.47 Å². The molecule has 3 rings (SSSR count). The van der Waals surface area contributed by atoms with Crippen LogP contribution in [0, 0.1) is 11.3 Å². The first kappa shape index (κ1) is 19.3. The maximum Gasteiger partial charge on any atom is 0.343 e. The number of carbonyl (C=O) groups is 1. The lowest BCUT2D eigenvalue weighted by molar-refractivity contribution is 0.0727. The number of benzene rings is 2. The van der Waals surface area contributed by atoms with Crippen LogP contribution in [0.25, 0.3) is 0 Å². The van der Waals surface area contributed by atoms with Crippen LogP contribution in [-0.4, -0.2) is 45.0 Å². The number of nitrogens with zero attached hydrogens (tertiary/aromatic N) is 2. The zero-order valence-electron chi connectivity index (χ0n) is 14.1. The molecule has 0 aromatic heterocycles. The molecule has 0 saturated carbocycles. The summed E-state index contributed by atoms with van der Waals surface area (Å²) < 4.78 is 37.3. The van der Waals surface area contributed by atoms with E-state index >= 15 is 0 Å². The summed E-state index contributed by atoms with van der Waals surface area (Å²) in [5.41, 5.74) is 0.208. The van der Waals surface area contributed by atoms with Crippen LogP contribution in [0.15, 0.2) is 47.4 Å². The van der Waals surface area contributed by atoms with Crippen molar-refractivity contribution in [3.8, 4) is 11.8 Å². The molecule has 140 valence electrons. The molecule has 2 aromatic carbocycles. The second kappa shape index (κ2) is 8.06. The highest BCUT2D eigenvalue weighted by Gasteiger charge is 2.29. The predicted molar refractivity (Wildman–Crippen MR) is 97.1 cm³/mol. The van der Waals surface area contributed by atoms with Gasteiger partial charge in [-0.25, -0.2) is 13.2 Å². The Labute approximate surface area is 161 Å². The molecule has 1 heterocycles. The number of nitriles is 1. The van der Waals surface area contributed by atoms with Crippen LogP contribution in [-0.2, 0) is 14.8 Å². The highest BCUT2D eigenvalue weighted by molar-refractivity contribution is 7.89. The second-order valence-electron chi connectivity index (χ2n) is 5.66. The van der Waals surface area contributed by atoms with Crippen LogP contribution in [0.3, 0.4) is 0 Å². The summed E-state index contributed by atoms with van der Waals surface area (Å²) >= 11 is 6.08. The maximum atomic E-state index is 12.8. The van der Waals surface area contributed by atoms with Crippen molar-refractivity contribution in [2.75, 3.05) is 26.3 Å². The first-order valence-corrected chi connectivity index (χ1v) is 9.84. The fraction of sp³-hybridized carbons (Fsp3) is 0.222. The van der Waals surface area contributed by atoms with E-state index in [0.717, 1.165) is 0 Å². The van der Waals surface area contributed by atoms with Gasteiger partial charge >= 0.3 is 5.97 Å². The Morgan fingerprint density at radius 1 is 1.19 bits per heavy atom. The van der Waals surface area contributed by atoms with Gasteiger partial charge in [0.15, 0.2) is 0 Å². The molecule has 1 saturated heterocycles. The lowest BCUT2D eigenvalue weighted by atomic mass is 10.2. The Morgan fingerprint density at radius 2 is 1.89 bits per heavy atom. The molecule has 7 nitrogen and oxygen atoms in total. The lowest BCUT2D eigenvalue weighted by Crippen LogP contribution is -2.40. The highest BCUT2D eigenvalue weighted by atomic mass is 35.5. The van der Waals surface area contributed by atoms with E-state index in [-0.39, 0.29) is 39.9 Å². The molecule has 0 atom stereocenters. The number of esters is 1. The van der Waals surface area contributed by atoms with E-state index in [4.69, 9.17) is 26.3 Å². The lowest BCUT2D eigenvalue weighted by Gasteiger charge is -2.26. The Bertz CT molecular complexity index is 1010. The Hall–Kier alpha value is -2.44. The molecule has 0 spiro atoms. The molecule has 9 heteroatoms. The number of hydrogen-bond acceptors (Lipinski definition) is 6. The van der Waals surface area contributed by atoms with Crippen molar-refractivity contribution in [1.29, 1.82) is 5.26 Å². The van der Waals surface area contributed by atoms with Crippen molar-refractivity contribution < 1.29 is 22.7 Å². The average Bonchev–Trinajstić information content (AvgIpc) is 2.69. The molecule has 0 bridgehead atoms. The van der Waals surface area contributed by atoms with E-state index in [1.54, 1.807) is 12.1 Å². The smallest absolute Gasteiger partial charge is 0.343 e. The van der Waals surface area contributed by atoms with Crippen molar-refractivity contribution in [2.45, 2.75) is 4.90 Å². The van der Waals surface area contributed by atoms with E-state index in [9.17, 15) is 13.2 Å². The monoisotopic (exact) mass is 406 g/mol. The summed E-state index contributed by atoms with van der Waals surface area (Å²) in [5, 5.41) is 9.09. The number of rotatable bonds is 4. The molecular formula is C18H15ClN2O5S. The number of morpholine rings is 1. The number of carbonyl (C=O) groups excluding carboxylic acids is 1. The van der Waals surface area contributed by atoms with Crippen molar-refractivity contribution in [1.82, 2.24) is 4.31 Å². The fourth-order valence-corrected chi connectivity index (χ4v) is 4.47. The van der Waals surface area contributed by atoms with Crippen molar-refractivity contribution >= 4 is 27.6 Å².